The summed E-state index contributed by atoms with van der Waals surface area (Å²) in [6, 6.07) is -3.16. The molecule has 140 valence electrons. The van der Waals surface area contributed by atoms with Crippen molar-refractivity contribution in [1.82, 2.24) is 10.6 Å². The van der Waals surface area contributed by atoms with Gasteiger partial charge in [-0.2, -0.15) is 0 Å². The van der Waals surface area contributed by atoms with E-state index in [1.54, 1.807) is 0 Å². The van der Waals surface area contributed by atoms with Gasteiger partial charge in [0, 0.05) is 0 Å². The number of carbonyl (C=O) groups excluding carboxylic acids is 2. The average Bonchev–Trinajstić information content (AvgIpc) is 2.48. The summed E-state index contributed by atoms with van der Waals surface area (Å²) in [7, 11) is 0. The van der Waals surface area contributed by atoms with Crippen molar-refractivity contribution in [3.63, 3.8) is 0 Å². The van der Waals surface area contributed by atoms with Gasteiger partial charge in [-0.25, -0.2) is 4.79 Å². The molecule has 5 atom stereocenters. The topological polar surface area (TPSA) is 142 Å². The van der Waals surface area contributed by atoms with Crippen LogP contribution in [0.25, 0.3) is 0 Å². The molecule has 6 N–H and O–H groups in total. The third-order valence-corrected chi connectivity index (χ3v) is 3.94. The maximum Gasteiger partial charge on any atom is 0.326 e. The first-order valence-corrected chi connectivity index (χ1v) is 8.28. The molecule has 0 heterocycles. The highest BCUT2D eigenvalue weighted by Crippen LogP contribution is 2.08. The van der Waals surface area contributed by atoms with Gasteiger partial charge in [0.2, 0.25) is 11.8 Å². The van der Waals surface area contributed by atoms with Crippen LogP contribution in [0.15, 0.2) is 0 Å². The van der Waals surface area contributed by atoms with Crippen LogP contribution in [0.2, 0.25) is 0 Å². The molecule has 0 radical (unpaired) electrons. The number of aliphatic carboxylic acids is 1. The first kappa shape index (κ1) is 22.3. The molecule has 0 rings (SSSR count). The van der Waals surface area contributed by atoms with Gasteiger partial charge in [-0.1, -0.05) is 34.1 Å². The van der Waals surface area contributed by atoms with Gasteiger partial charge in [-0.05, 0) is 25.2 Å². The second kappa shape index (κ2) is 10.2. The minimum atomic E-state index is -1.26. The van der Waals surface area contributed by atoms with Gasteiger partial charge in [0.05, 0.1) is 12.1 Å². The van der Waals surface area contributed by atoms with Gasteiger partial charge in [-0.3, -0.25) is 9.59 Å². The van der Waals surface area contributed by atoms with E-state index >= 15 is 0 Å². The molecule has 8 nitrogen and oxygen atoms in total. The zero-order valence-corrected chi connectivity index (χ0v) is 15.1. The first-order valence-electron chi connectivity index (χ1n) is 8.28. The fourth-order valence-corrected chi connectivity index (χ4v) is 2.12. The lowest BCUT2D eigenvalue weighted by Crippen LogP contribution is -2.59. The van der Waals surface area contributed by atoms with E-state index in [4.69, 9.17) is 5.73 Å². The predicted molar refractivity (Wildman–Crippen MR) is 90.1 cm³/mol. The second-order valence-corrected chi connectivity index (χ2v) is 6.67. The van der Waals surface area contributed by atoms with Crippen LogP contribution in [0.5, 0.6) is 0 Å². The van der Waals surface area contributed by atoms with E-state index in [1.807, 2.05) is 27.7 Å². The van der Waals surface area contributed by atoms with Crippen molar-refractivity contribution < 1.29 is 24.6 Å². The number of nitrogens with one attached hydrogen (secondary N) is 2. The molecule has 2 amide bonds. The second-order valence-electron chi connectivity index (χ2n) is 6.67. The molecular weight excluding hydrogens is 314 g/mol. The largest absolute Gasteiger partial charge is 0.480 e. The van der Waals surface area contributed by atoms with Gasteiger partial charge < -0.3 is 26.6 Å². The monoisotopic (exact) mass is 345 g/mol. The molecular formula is C16H31N3O5. The van der Waals surface area contributed by atoms with Crippen LogP contribution in [0, 0.1) is 11.8 Å². The maximum atomic E-state index is 12.3. The summed E-state index contributed by atoms with van der Waals surface area (Å²) in [6.07, 6.45) is -0.254. The summed E-state index contributed by atoms with van der Waals surface area (Å²) >= 11 is 0. The molecule has 0 spiro atoms. The van der Waals surface area contributed by atoms with Crippen LogP contribution in [0.4, 0.5) is 0 Å². The third kappa shape index (κ3) is 7.27. The third-order valence-electron chi connectivity index (χ3n) is 3.94. The van der Waals surface area contributed by atoms with Crippen molar-refractivity contribution in [3.05, 3.63) is 0 Å². The van der Waals surface area contributed by atoms with Crippen molar-refractivity contribution in [2.45, 2.75) is 71.7 Å². The zero-order valence-electron chi connectivity index (χ0n) is 15.1. The van der Waals surface area contributed by atoms with Crippen molar-refractivity contribution in [2.24, 2.45) is 17.6 Å². The summed E-state index contributed by atoms with van der Waals surface area (Å²) in [6.45, 7) is 8.71. The number of hydrogen-bond donors (Lipinski definition) is 5. The van der Waals surface area contributed by atoms with Crippen LogP contribution < -0.4 is 16.4 Å². The van der Waals surface area contributed by atoms with E-state index in [2.05, 4.69) is 10.6 Å². The molecule has 0 aliphatic rings. The van der Waals surface area contributed by atoms with E-state index in [0.717, 1.165) is 0 Å². The van der Waals surface area contributed by atoms with Crippen LogP contribution >= 0.6 is 0 Å². The number of nitrogens with two attached hydrogens (primary N) is 1. The minimum Gasteiger partial charge on any atom is -0.480 e. The summed E-state index contributed by atoms with van der Waals surface area (Å²) < 4.78 is 0. The Labute approximate surface area is 143 Å². The SMILES string of the molecule is CCC(C)C(N)C(=O)NC(C(=O)NC(CC(C)C)C(=O)O)C(C)O. The Kier molecular flexibility index (Phi) is 9.53. The number of carboxylic acid groups (broad SMARTS) is 1. The summed E-state index contributed by atoms with van der Waals surface area (Å²) in [4.78, 5) is 35.6. The van der Waals surface area contributed by atoms with Gasteiger partial charge in [0.25, 0.3) is 0 Å². The molecule has 0 saturated carbocycles. The molecule has 0 bridgehead atoms. The zero-order chi connectivity index (χ0) is 19.0. The van der Waals surface area contributed by atoms with Crippen LogP contribution in [-0.4, -0.2) is 52.2 Å². The Bertz CT molecular complexity index is 439. The highest BCUT2D eigenvalue weighted by Gasteiger charge is 2.31. The van der Waals surface area contributed by atoms with E-state index in [-0.39, 0.29) is 18.3 Å². The van der Waals surface area contributed by atoms with Gasteiger partial charge in [-0.15, -0.1) is 0 Å². The van der Waals surface area contributed by atoms with E-state index in [1.165, 1.54) is 6.92 Å². The number of amides is 2. The highest BCUT2D eigenvalue weighted by molar-refractivity contribution is 5.92. The molecule has 0 aromatic rings. The first-order chi connectivity index (χ1) is 11.0. The van der Waals surface area contributed by atoms with Crippen LogP contribution in [0.3, 0.4) is 0 Å². The highest BCUT2D eigenvalue weighted by atomic mass is 16.4. The Morgan fingerprint density at radius 1 is 1.04 bits per heavy atom. The Morgan fingerprint density at radius 2 is 1.58 bits per heavy atom. The Hall–Kier alpha value is -1.67. The van der Waals surface area contributed by atoms with Gasteiger partial charge >= 0.3 is 5.97 Å². The van der Waals surface area contributed by atoms with E-state index in [9.17, 15) is 24.6 Å². The predicted octanol–water partition coefficient (Wildman–Crippen LogP) is -0.159. The molecule has 8 heteroatoms. The lowest BCUT2D eigenvalue weighted by Gasteiger charge is -2.26. The van der Waals surface area contributed by atoms with E-state index < -0.39 is 42.0 Å². The van der Waals surface area contributed by atoms with Gasteiger partial charge in [0.15, 0.2) is 0 Å². The smallest absolute Gasteiger partial charge is 0.326 e. The number of aliphatic hydroxyl groups excluding tert-OH is 1. The fraction of sp³-hybridized carbons (Fsp3) is 0.812. The Balaban J connectivity index is 5.01. The van der Waals surface area contributed by atoms with Crippen LogP contribution in [-0.2, 0) is 14.4 Å². The molecule has 0 saturated heterocycles. The lowest BCUT2D eigenvalue weighted by molar-refractivity contribution is -0.143. The Morgan fingerprint density at radius 3 is 1.96 bits per heavy atom. The summed E-state index contributed by atoms with van der Waals surface area (Å²) in [5, 5.41) is 23.7. The maximum absolute atomic E-state index is 12.3. The molecule has 0 aliphatic carbocycles. The lowest BCUT2D eigenvalue weighted by atomic mass is 9.98. The number of hydrogen-bond acceptors (Lipinski definition) is 5. The van der Waals surface area contributed by atoms with Crippen molar-refractivity contribution >= 4 is 17.8 Å². The molecule has 0 aliphatic heterocycles. The van der Waals surface area contributed by atoms with Crippen molar-refractivity contribution in [3.8, 4) is 0 Å². The summed E-state index contributed by atoms with van der Waals surface area (Å²) in [5.74, 6) is -2.49. The average molecular weight is 345 g/mol. The molecule has 0 fully saturated rings. The molecule has 0 aromatic heterocycles. The number of carbonyl (C=O) groups is 3. The summed E-state index contributed by atoms with van der Waals surface area (Å²) in [5.41, 5.74) is 5.82. The quantitative estimate of drug-likeness (QED) is 0.372. The van der Waals surface area contributed by atoms with Crippen molar-refractivity contribution in [2.75, 3.05) is 0 Å². The number of aliphatic hydroxyl groups is 1. The van der Waals surface area contributed by atoms with E-state index in [0.29, 0.717) is 6.42 Å². The molecule has 5 unspecified atom stereocenters. The number of carboxylic acids is 1. The normalized spacial score (nSPS) is 17.5. The molecule has 0 aromatic carbocycles. The van der Waals surface area contributed by atoms with Crippen LogP contribution in [0.1, 0.15) is 47.5 Å². The number of rotatable bonds is 10. The minimum absolute atomic E-state index is 0.0600. The standard InChI is InChI=1S/C16H31N3O5/c1-6-9(4)12(17)14(21)19-13(10(5)20)15(22)18-11(16(23)24)7-8(2)3/h8-13,20H,6-7,17H2,1-5H3,(H,18,22)(H,19,21)(H,23,24). The molecule has 24 heavy (non-hydrogen) atoms. The van der Waals surface area contributed by atoms with Gasteiger partial charge in [0.1, 0.15) is 12.1 Å². The fourth-order valence-electron chi connectivity index (χ4n) is 2.12. The van der Waals surface area contributed by atoms with Crippen molar-refractivity contribution in [1.29, 1.82) is 0 Å².